The highest BCUT2D eigenvalue weighted by Crippen LogP contribution is 2.24. The predicted octanol–water partition coefficient (Wildman–Crippen LogP) is 3.70. The zero-order valence-corrected chi connectivity index (χ0v) is 17.1. The van der Waals surface area contributed by atoms with Crippen molar-refractivity contribution < 1.29 is 19.2 Å². The molecule has 2 heterocycles. The van der Waals surface area contributed by atoms with Crippen molar-refractivity contribution >= 4 is 5.97 Å². The normalized spacial score (nSPS) is 16.3. The van der Waals surface area contributed by atoms with E-state index >= 15 is 0 Å². The van der Waals surface area contributed by atoms with Gasteiger partial charge in [0.1, 0.15) is 17.6 Å². The zero-order chi connectivity index (χ0) is 21.1. The molecule has 0 radical (unpaired) electrons. The van der Waals surface area contributed by atoms with Crippen molar-refractivity contribution in [2.24, 2.45) is 0 Å². The Morgan fingerprint density at radius 3 is 2.77 bits per heavy atom. The number of carboxylic acid groups (broad SMARTS) is 1. The van der Waals surface area contributed by atoms with Crippen molar-refractivity contribution in [3.63, 3.8) is 0 Å². The summed E-state index contributed by atoms with van der Waals surface area (Å²) in [5.74, 6) is 1.24. The first kappa shape index (κ1) is 20.1. The first-order chi connectivity index (χ1) is 14.5. The minimum absolute atomic E-state index is 0.384. The number of oxazole rings is 1. The lowest BCUT2D eigenvalue weighted by Crippen LogP contribution is -2.51. The van der Waals surface area contributed by atoms with Gasteiger partial charge in [0.2, 0.25) is 5.89 Å². The van der Waals surface area contributed by atoms with Gasteiger partial charge in [-0.3, -0.25) is 9.69 Å². The summed E-state index contributed by atoms with van der Waals surface area (Å²) in [4.78, 5) is 23.4. The minimum atomic E-state index is -0.761. The molecule has 0 amide bonds. The van der Waals surface area contributed by atoms with E-state index in [2.05, 4.69) is 10.5 Å². The molecule has 3 aromatic rings. The van der Waals surface area contributed by atoms with Gasteiger partial charge in [0.25, 0.3) is 0 Å². The number of hydrogen-bond acceptors (Lipinski definition) is 6. The van der Waals surface area contributed by atoms with Crippen LogP contribution in [-0.4, -0.2) is 33.5 Å². The second kappa shape index (κ2) is 8.69. The van der Waals surface area contributed by atoms with Crippen LogP contribution in [0.25, 0.3) is 11.5 Å². The van der Waals surface area contributed by atoms with Crippen LogP contribution in [0.1, 0.15) is 29.0 Å². The summed E-state index contributed by atoms with van der Waals surface area (Å²) in [6.45, 7) is 5.72. The SMILES string of the molecule is Cc1ccc(-c2nc(CNOc3cccc(CN4CC[C@@H]4C(=O)O)c3)c(C)o2)cc1. The van der Waals surface area contributed by atoms with Gasteiger partial charge in [-0.2, -0.15) is 5.48 Å². The van der Waals surface area contributed by atoms with Crippen molar-refractivity contribution in [3.8, 4) is 17.2 Å². The fraction of sp³-hybridized carbons (Fsp3) is 0.304. The number of nitrogens with one attached hydrogen (secondary N) is 1. The fourth-order valence-electron chi connectivity index (χ4n) is 3.45. The highest BCUT2D eigenvalue weighted by Gasteiger charge is 2.33. The molecule has 156 valence electrons. The molecule has 2 N–H and O–H groups in total. The Morgan fingerprint density at radius 2 is 2.07 bits per heavy atom. The zero-order valence-electron chi connectivity index (χ0n) is 17.1. The number of aliphatic carboxylic acids is 1. The van der Waals surface area contributed by atoms with Crippen molar-refractivity contribution in [3.05, 3.63) is 71.1 Å². The molecular formula is C23H25N3O4. The van der Waals surface area contributed by atoms with E-state index in [1.807, 2.05) is 67.3 Å². The third kappa shape index (κ3) is 4.53. The molecule has 0 unspecified atom stereocenters. The largest absolute Gasteiger partial charge is 0.480 e. The number of aromatic nitrogens is 1. The molecule has 1 aliphatic rings. The van der Waals surface area contributed by atoms with E-state index in [-0.39, 0.29) is 6.04 Å². The molecule has 0 aliphatic carbocycles. The summed E-state index contributed by atoms with van der Waals surface area (Å²) in [7, 11) is 0. The molecule has 2 aromatic carbocycles. The third-order valence-electron chi connectivity index (χ3n) is 5.32. The van der Waals surface area contributed by atoms with Crippen LogP contribution in [-0.2, 0) is 17.9 Å². The molecule has 1 fully saturated rings. The van der Waals surface area contributed by atoms with Crippen LogP contribution >= 0.6 is 0 Å². The molecule has 1 atom stereocenters. The first-order valence-electron chi connectivity index (χ1n) is 9.98. The molecule has 7 nitrogen and oxygen atoms in total. The summed E-state index contributed by atoms with van der Waals surface area (Å²) in [6.07, 6.45) is 0.703. The third-order valence-corrected chi connectivity index (χ3v) is 5.32. The minimum Gasteiger partial charge on any atom is -0.480 e. The van der Waals surface area contributed by atoms with Gasteiger partial charge in [-0.25, -0.2) is 4.98 Å². The highest BCUT2D eigenvalue weighted by molar-refractivity contribution is 5.74. The van der Waals surface area contributed by atoms with Gasteiger partial charge >= 0.3 is 5.97 Å². The number of carboxylic acids is 1. The van der Waals surface area contributed by atoms with E-state index in [1.54, 1.807) is 0 Å². The highest BCUT2D eigenvalue weighted by atomic mass is 16.6. The predicted molar refractivity (Wildman–Crippen MR) is 112 cm³/mol. The van der Waals surface area contributed by atoms with Gasteiger partial charge in [0, 0.05) is 18.7 Å². The second-order valence-corrected chi connectivity index (χ2v) is 7.57. The van der Waals surface area contributed by atoms with Gasteiger partial charge in [0.05, 0.1) is 12.2 Å². The van der Waals surface area contributed by atoms with E-state index in [0.717, 1.165) is 29.1 Å². The average Bonchev–Trinajstić information content (AvgIpc) is 3.06. The van der Waals surface area contributed by atoms with Crippen LogP contribution in [0.2, 0.25) is 0 Å². The number of nitrogens with zero attached hydrogens (tertiary/aromatic N) is 2. The topological polar surface area (TPSA) is 87.8 Å². The Kier molecular flexibility index (Phi) is 5.83. The second-order valence-electron chi connectivity index (χ2n) is 7.57. The summed E-state index contributed by atoms with van der Waals surface area (Å²) in [5.41, 5.74) is 6.86. The lowest BCUT2D eigenvalue weighted by molar-refractivity contribution is -0.148. The quantitative estimate of drug-likeness (QED) is 0.551. The summed E-state index contributed by atoms with van der Waals surface area (Å²) in [5, 5.41) is 9.18. The van der Waals surface area contributed by atoms with E-state index < -0.39 is 5.97 Å². The first-order valence-corrected chi connectivity index (χ1v) is 9.98. The van der Waals surface area contributed by atoms with Gasteiger partial charge in [-0.05, 0) is 50.1 Å². The van der Waals surface area contributed by atoms with Crippen LogP contribution in [0.5, 0.6) is 5.75 Å². The lowest BCUT2D eigenvalue weighted by atomic mass is 10.0. The maximum Gasteiger partial charge on any atom is 0.320 e. The van der Waals surface area contributed by atoms with Crippen molar-refractivity contribution in [2.75, 3.05) is 6.54 Å². The molecule has 4 rings (SSSR count). The van der Waals surface area contributed by atoms with Crippen molar-refractivity contribution in [1.29, 1.82) is 0 Å². The fourth-order valence-corrected chi connectivity index (χ4v) is 3.45. The Hall–Kier alpha value is -3.16. The number of hydroxylamine groups is 1. The maximum atomic E-state index is 11.2. The van der Waals surface area contributed by atoms with E-state index in [1.165, 1.54) is 5.56 Å². The van der Waals surface area contributed by atoms with Crippen LogP contribution in [0.4, 0.5) is 0 Å². The molecule has 1 aromatic heterocycles. The van der Waals surface area contributed by atoms with Crippen molar-refractivity contribution in [1.82, 2.24) is 15.4 Å². The summed E-state index contributed by atoms with van der Waals surface area (Å²) < 4.78 is 5.79. The van der Waals surface area contributed by atoms with E-state index in [4.69, 9.17) is 9.25 Å². The summed E-state index contributed by atoms with van der Waals surface area (Å²) in [6, 6.07) is 15.3. The number of rotatable bonds is 8. The standard InChI is InChI=1S/C23H25N3O4/c1-15-6-8-18(9-7-15)22-25-20(16(2)29-22)13-24-30-19-5-3-4-17(12-19)14-26-11-10-21(26)23(27)28/h3-9,12,21,24H,10-11,13-14H2,1-2H3,(H,27,28)/t21-/m1/s1. The maximum absolute atomic E-state index is 11.2. The molecule has 1 aliphatic heterocycles. The van der Waals surface area contributed by atoms with Gasteiger partial charge < -0.3 is 14.4 Å². The molecule has 1 saturated heterocycles. The van der Waals surface area contributed by atoms with Crippen LogP contribution in [0, 0.1) is 13.8 Å². The van der Waals surface area contributed by atoms with E-state index in [0.29, 0.717) is 31.2 Å². The Balaban J connectivity index is 1.33. The smallest absolute Gasteiger partial charge is 0.320 e. The summed E-state index contributed by atoms with van der Waals surface area (Å²) >= 11 is 0. The molecule has 7 heteroatoms. The molecule has 0 saturated carbocycles. The number of hydrogen-bond donors (Lipinski definition) is 2. The van der Waals surface area contributed by atoms with Crippen LogP contribution in [0.3, 0.4) is 0 Å². The number of carbonyl (C=O) groups is 1. The molecule has 0 spiro atoms. The molecule has 30 heavy (non-hydrogen) atoms. The lowest BCUT2D eigenvalue weighted by Gasteiger charge is -2.37. The van der Waals surface area contributed by atoms with Gasteiger partial charge in [-0.15, -0.1) is 0 Å². The monoisotopic (exact) mass is 407 g/mol. The average molecular weight is 407 g/mol. The van der Waals surface area contributed by atoms with Crippen molar-refractivity contribution in [2.45, 2.75) is 39.4 Å². The number of aryl methyl sites for hydroxylation is 2. The Morgan fingerprint density at radius 1 is 1.27 bits per heavy atom. The Bertz CT molecular complexity index is 1030. The van der Waals surface area contributed by atoms with Gasteiger partial charge in [-0.1, -0.05) is 29.8 Å². The molecular weight excluding hydrogens is 382 g/mol. The van der Waals surface area contributed by atoms with Gasteiger partial charge in [0.15, 0.2) is 0 Å². The Labute approximate surface area is 175 Å². The van der Waals surface area contributed by atoms with E-state index in [9.17, 15) is 9.90 Å². The number of likely N-dealkylation sites (tertiary alicyclic amines) is 1. The van der Waals surface area contributed by atoms with Crippen LogP contribution in [0.15, 0.2) is 52.9 Å². The molecule has 0 bridgehead atoms. The van der Waals surface area contributed by atoms with Crippen LogP contribution < -0.4 is 10.3 Å². The number of benzene rings is 2.